The predicted octanol–water partition coefficient (Wildman–Crippen LogP) is 3.85. The number of hydrogen-bond donors (Lipinski definition) is 1. The molecule has 0 bridgehead atoms. The second-order valence-corrected chi connectivity index (χ2v) is 12.0. The Balaban J connectivity index is 2.72. The summed E-state index contributed by atoms with van der Waals surface area (Å²) in [5.74, 6) is 0. The van der Waals surface area contributed by atoms with Crippen molar-refractivity contribution in [1.29, 1.82) is 0 Å². The number of aliphatic hydroxyl groups excluding tert-OH is 1. The Hall–Kier alpha value is 0.607. The molecule has 0 aromatic rings. The standard InChI is InChI=1S/C12H23IO2Si/c1-12(2,3)16(4,5)15-10-8-6-7-9(13)11(10)14/h7,10-11,14H,6,8H2,1-5H3/t10-,11+/m1/s1. The van der Waals surface area contributed by atoms with E-state index in [4.69, 9.17) is 4.43 Å². The highest BCUT2D eigenvalue weighted by molar-refractivity contribution is 14.1. The molecule has 0 aliphatic heterocycles. The fourth-order valence-electron chi connectivity index (χ4n) is 1.52. The SMILES string of the molecule is CC(C)(C)[Si](C)(C)O[C@@H]1CCC=C(I)[C@@H]1O. The lowest BCUT2D eigenvalue weighted by Gasteiger charge is -2.41. The second kappa shape index (κ2) is 5.08. The van der Waals surface area contributed by atoms with Crippen molar-refractivity contribution in [2.75, 3.05) is 0 Å². The molecule has 0 aromatic heterocycles. The van der Waals surface area contributed by atoms with Gasteiger partial charge < -0.3 is 9.53 Å². The van der Waals surface area contributed by atoms with Crippen LogP contribution in [0.3, 0.4) is 0 Å². The molecular weight excluding hydrogens is 331 g/mol. The van der Waals surface area contributed by atoms with E-state index >= 15 is 0 Å². The van der Waals surface area contributed by atoms with Crippen LogP contribution >= 0.6 is 22.6 Å². The van der Waals surface area contributed by atoms with Gasteiger partial charge in [-0.3, -0.25) is 0 Å². The van der Waals surface area contributed by atoms with Crippen molar-refractivity contribution in [3.8, 4) is 0 Å². The molecule has 0 heterocycles. The highest BCUT2D eigenvalue weighted by atomic mass is 127. The van der Waals surface area contributed by atoms with E-state index in [0.717, 1.165) is 16.4 Å². The molecule has 0 unspecified atom stereocenters. The Labute approximate surface area is 114 Å². The first-order valence-corrected chi connectivity index (χ1v) is 9.85. The van der Waals surface area contributed by atoms with Gasteiger partial charge in [-0.05, 0) is 53.6 Å². The number of rotatable bonds is 2. The monoisotopic (exact) mass is 354 g/mol. The van der Waals surface area contributed by atoms with Gasteiger partial charge in [0, 0.05) is 3.58 Å². The van der Waals surface area contributed by atoms with Gasteiger partial charge in [0.15, 0.2) is 8.32 Å². The van der Waals surface area contributed by atoms with Gasteiger partial charge in [-0.1, -0.05) is 26.8 Å². The maximum absolute atomic E-state index is 10.1. The van der Waals surface area contributed by atoms with Crippen LogP contribution in [0, 0.1) is 0 Å². The van der Waals surface area contributed by atoms with Crippen molar-refractivity contribution in [3.05, 3.63) is 9.66 Å². The normalized spacial score (nSPS) is 27.8. The predicted molar refractivity (Wildman–Crippen MR) is 79.4 cm³/mol. The van der Waals surface area contributed by atoms with Gasteiger partial charge in [0.2, 0.25) is 0 Å². The molecule has 0 radical (unpaired) electrons. The topological polar surface area (TPSA) is 29.5 Å². The zero-order valence-corrected chi connectivity index (χ0v) is 14.0. The van der Waals surface area contributed by atoms with Crippen LogP contribution in [0.1, 0.15) is 33.6 Å². The van der Waals surface area contributed by atoms with E-state index in [1.54, 1.807) is 0 Å². The lowest BCUT2D eigenvalue weighted by Crippen LogP contribution is -2.47. The van der Waals surface area contributed by atoms with Gasteiger partial charge in [-0.15, -0.1) is 0 Å². The summed E-state index contributed by atoms with van der Waals surface area (Å²) in [7, 11) is -1.75. The number of hydrogen-bond acceptors (Lipinski definition) is 2. The van der Waals surface area contributed by atoms with E-state index in [1.807, 2.05) is 0 Å². The summed E-state index contributed by atoms with van der Waals surface area (Å²) in [4.78, 5) is 0. The smallest absolute Gasteiger partial charge is 0.192 e. The fourth-order valence-corrected chi connectivity index (χ4v) is 3.59. The van der Waals surface area contributed by atoms with Gasteiger partial charge in [0.25, 0.3) is 0 Å². The molecule has 0 fully saturated rings. The highest BCUT2D eigenvalue weighted by Gasteiger charge is 2.41. The van der Waals surface area contributed by atoms with Gasteiger partial charge in [-0.2, -0.15) is 0 Å². The average molecular weight is 354 g/mol. The molecule has 0 spiro atoms. The Morgan fingerprint density at radius 2 is 2.00 bits per heavy atom. The van der Waals surface area contributed by atoms with Crippen molar-refractivity contribution in [2.45, 2.75) is 64.0 Å². The van der Waals surface area contributed by atoms with E-state index in [-0.39, 0.29) is 11.1 Å². The molecule has 0 saturated heterocycles. The number of aliphatic hydroxyl groups is 1. The van der Waals surface area contributed by atoms with Crippen molar-refractivity contribution >= 4 is 30.9 Å². The zero-order chi connectivity index (χ0) is 12.6. The summed E-state index contributed by atoms with van der Waals surface area (Å²) in [5, 5.41) is 10.3. The molecule has 0 saturated carbocycles. The van der Waals surface area contributed by atoms with Crippen LogP contribution < -0.4 is 0 Å². The molecule has 2 atom stereocenters. The third-order valence-electron chi connectivity index (χ3n) is 3.68. The lowest BCUT2D eigenvalue weighted by molar-refractivity contribution is 0.0457. The average Bonchev–Trinajstić information content (AvgIpc) is 2.11. The Bertz CT molecular complexity index is 281. The van der Waals surface area contributed by atoms with E-state index in [1.165, 1.54) is 0 Å². The van der Waals surface area contributed by atoms with Crippen molar-refractivity contribution in [2.24, 2.45) is 0 Å². The summed E-state index contributed by atoms with van der Waals surface area (Å²) in [5.41, 5.74) is 0. The van der Waals surface area contributed by atoms with Crippen LogP contribution in [0.25, 0.3) is 0 Å². The quantitative estimate of drug-likeness (QED) is 0.603. The first kappa shape index (κ1) is 14.7. The van der Waals surface area contributed by atoms with Crippen LogP contribution in [0.4, 0.5) is 0 Å². The Kier molecular flexibility index (Phi) is 4.66. The molecule has 1 aliphatic carbocycles. The van der Waals surface area contributed by atoms with Gasteiger partial charge in [0.05, 0.1) is 6.10 Å². The minimum absolute atomic E-state index is 0.00204. The van der Waals surface area contributed by atoms with Crippen molar-refractivity contribution in [1.82, 2.24) is 0 Å². The van der Waals surface area contributed by atoms with E-state index in [9.17, 15) is 5.11 Å². The maximum Gasteiger partial charge on any atom is 0.192 e. The number of allylic oxidation sites excluding steroid dienone is 1. The first-order valence-electron chi connectivity index (χ1n) is 5.86. The van der Waals surface area contributed by atoms with Crippen LogP contribution in [0.2, 0.25) is 18.1 Å². The van der Waals surface area contributed by atoms with Crippen molar-refractivity contribution < 1.29 is 9.53 Å². The largest absolute Gasteiger partial charge is 0.411 e. The minimum Gasteiger partial charge on any atom is -0.411 e. The molecule has 1 N–H and O–H groups in total. The molecule has 4 heteroatoms. The van der Waals surface area contributed by atoms with Gasteiger partial charge in [-0.25, -0.2) is 0 Å². The van der Waals surface area contributed by atoms with E-state index < -0.39 is 14.4 Å². The van der Waals surface area contributed by atoms with Gasteiger partial charge >= 0.3 is 0 Å². The summed E-state index contributed by atoms with van der Waals surface area (Å²) >= 11 is 2.22. The number of halogens is 1. The molecule has 16 heavy (non-hydrogen) atoms. The Morgan fingerprint density at radius 1 is 1.44 bits per heavy atom. The molecule has 94 valence electrons. The summed E-state index contributed by atoms with van der Waals surface area (Å²) < 4.78 is 7.30. The van der Waals surface area contributed by atoms with E-state index in [0.29, 0.717) is 0 Å². The first-order chi connectivity index (χ1) is 7.15. The van der Waals surface area contributed by atoms with E-state index in [2.05, 4.69) is 62.5 Å². The molecule has 1 aliphatic rings. The lowest BCUT2D eigenvalue weighted by atomic mass is 10.0. The summed E-state index contributed by atoms with van der Waals surface area (Å²) in [6.45, 7) is 11.2. The zero-order valence-electron chi connectivity index (χ0n) is 10.9. The molecular formula is C12H23IO2Si. The molecule has 0 aromatic carbocycles. The Morgan fingerprint density at radius 3 is 2.50 bits per heavy atom. The molecule has 0 amide bonds. The summed E-state index contributed by atoms with van der Waals surface area (Å²) in [6.07, 6.45) is 3.66. The van der Waals surface area contributed by atoms with Crippen LogP contribution in [-0.4, -0.2) is 25.6 Å². The van der Waals surface area contributed by atoms with Crippen LogP contribution in [0.5, 0.6) is 0 Å². The third-order valence-corrected chi connectivity index (χ3v) is 9.26. The molecule has 1 rings (SSSR count). The summed E-state index contributed by atoms with van der Waals surface area (Å²) in [6, 6.07) is 0. The third kappa shape index (κ3) is 3.30. The van der Waals surface area contributed by atoms with Crippen LogP contribution in [-0.2, 0) is 4.43 Å². The van der Waals surface area contributed by atoms with Crippen LogP contribution in [0.15, 0.2) is 9.66 Å². The minimum atomic E-state index is -1.75. The highest BCUT2D eigenvalue weighted by Crippen LogP contribution is 2.39. The second-order valence-electron chi connectivity index (χ2n) is 6.03. The van der Waals surface area contributed by atoms with Crippen molar-refractivity contribution in [3.63, 3.8) is 0 Å². The maximum atomic E-state index is 10.1. The molecule has 2 nitrogen and oxygen atoms in total. The fraction of sp³-hybridized carbons (Fsp3) is 0.833. The van der Waals surface area contributed by atoms with Gasteiger partial charge in [0.1, 0.15) is 6.10 Å².